The van der Waals surface area contributed by atoms with Gasteiger partial charge in [0, 0.05) is 17.1 Å². The molecule has 0 atom stereocenters. The Morgan fingerprint density at radius 3 is 2.95 bits per heavy atom. The van der Waals surface area contributed by atoms with Crippen LogP contribution in [0.4, 0.5) is 5.69 Å². The van der Waals surface area contributed by atoms with Crippen molar-refractivity contribution in [2.45, 2.75) is 0 Å². The number of ether oxygens (including phenoxy) is 1. The average molecular weight is 292 g/mol. The van der Waals surface area contributed by atoms with Crippen LogP contribution in [-0.4, -0.2) is 17.5 Å². The number of carbonyl (C=O) groups excluding carboxylic acids is 1. The highest BCUT2D eigenvalue weighted by atomic mass is 32.1. The largest absolute Gasteiger partial charge is 0.486 e. The minimum atomic E-state index is -0.146. The lowest BCUT2D eigenvalue weighted by molar-refractivity contribution is 0.102. The zero-order chi connectivity index (χ0) is 13.7. The van der Waals surface area contributed by atoms with Gasteiger partial charge in [-0.3, -0.25) is 4.79 Å². The van der Waals surface area contributed by atoms with Crippen LogP contribution in [-0.2, 0) is 0 Å². The van der Waals surface area contributed by atoms with Crippen molar-refractivity contribution in [3.05, 3.63) is 46.7 Å². The summed E-state index contributed by atoms with van der Waals surface area (Å²) in [6.07, 6.45) is 0. The molecule has 19 heavy (non-hydrogen) atoms. The Labute approximate surface area is 120 Å². The van der Waals surface area contributed by atoms with Crippen molar-refractivity contribution in [2.75, 3.05) is 11.9 Å². The number of amides is 1. The van der Waals surface area contributed by atoms with Gasteiger partial charge < -0.3 is 15.8 Å². The number of nitrogens with two attached hydrogens (primary N) is 1. The van der Waals surface area contributed by atoms with Crippen molar-refractivity contribution in [2.24, 2.45) is 5.73 Å². The van der Waals surface area contributed by atoms with Crippen molar-refractivity contribution in [1.29, 1.82) is 0 Å². The lowest BCUT2D eigenvalue weighted by Gasteiger charge is -2.08. The fourth-order valence-electron chi connectivity index (χ4n) is 1.42. The van der Waals surface area contributed by atoms with Crippen LogP contribution >= 0.6 is 23.6 Å². The van der Waals surface area contributed by atoms with Gasteiger partial charge in [0.2, 0.25) is 0 Å². The zero-order valence-electron chi connectivity index (χ0n) is 9.96. The van der Waals surface area contributed by atoms with Crippen LogP contribution in [0.1, 0.15) is 10.4 Å². The summed E-state index contributed by atoms with van der Waals surface area (Å²) in [6, 6.07) is 8.85. The second-order valence-corrected chi connectivity index (χ2v) is 5.05. The molecule has 0 radical (unpaired) electrons. The van der Waals surface area contributed by atoms with E-state index in [1.54, 1.807) is 35.7 Å². The highest BCUT2D eigenvalue weighted by Gasteiger charge is 2.06. The van der Waals surface area contributed by atoms with Crippen LogP contribution in [0.2, 0.25) is 0 Å². The lowest BCUT2D eigenvalue weighted by Crippen LogP contribution is -2.18. The smallest absolute Gasteiger partial charge is 0.256 e. The number of carbonyl (C=O) groups is 1. The van der Waals surface area contributed by atoms with Gasteiger partial charge >= 0.3 is 0 Å². The van der Waals surface area contributed by atoms with Crippen LogP contribution < -0.4 is 15.8 Å². The lowest BCUT2D eigenvalue weighted by atomic mass is 10.2. The normalized spacial score (nSPS) is 9.89. The number of hydrogen-bond acceptors (Lipinski definition) is 4. The molecule has 0 aliphatic rings. The van der Waals surface area contributed by atoms with Gasteiger partial charge in [-0.15, -0.1) is 0 Å². The molecule has 1 aromatic carbocycles. The van der Waals surface area contributed by atoms with Gasteiger partial charge in [-0.25, -0.2) is 0 Å². The maximum Gasteiger partial charge on any atom is 0.256 e. The van der Waals surface area contributed by atoms with Gasteiger partial charge in [0.25, 0.3) is 5.91 Å². The van der Waals surface area contributed by atoms with E-state index in [-0.39, 0.29) is 17.5 Å². The summed E-state index contributed by atoms with van der Waals surface area (Å²) in [7, 11) is 0. The summed E-state index contributed by atoms with van der Waals surface area (Å²) in [5, 5.41) is 6.45. The molecule has 0 saturated heterocycles. The number of benzene rings is 1. The number of thiophene rings is 1. The minimum absolute atomic E-state index is 0.146. The van der Waals surface area contributed by atoms with Crippen molar-refractivity contribution in [3.8, 4) is 5.75 Å². The summed E-state index contributed by atoms with van der Waals surface area (Å²) < 4.78 is 5.36. The molecule has 0 spiro atoms. The average Bonchev–Trinajstić information content (AvgIpc) is 2.91. The van der Waals surface area contributed by atoms with Gasteiger partial charge in [-0.2, -0.15) is 11.3 Å². The van der Waals surface area contributed by atoms with Crippen LogP contribution in [0.25, 0.3) is 0 Å². The third-order valence-corrected chi connectivity index (χ3v) is 3.06. The molecule has 1 amide bonds. The predicted octanol–water partition coefficient (Wildman–Crippen LogP) is 2.67. The van der Waals surface area contributed by atoms with E-state index in [1.807, 2.05) is 5.38 Å². The zero-order valence-corrected chi connectivity index (χ0v) is 11.6. The van der Waals surface area contributed by atoms with E-state index in [9.17, 15) is 4.79 Å². The van der Waals surface area contributed by atoms with Crippen LogP contribution in [0.5, 0.6) is 5.75 Å². The molecule has 0 saturated carbocycles. The molecule has 0 fully saturated rings. The first-order valence-corrected chi connectivity index (χ1v) is 6.85. The molecule has 1 aromatic heterocycles. The molecule has 0 unspecified atom stereocenters. The first-order chi connectivity index (χ1) is 9.15. The molecule has 2 rings (SSSR count). The Bertz CT molecular complexity index is 582. The van der Waals surface area contributed by atoms with Crippen molar-refractivity contribution in [1.82, 2.24) is 0 Å². The van der Waals surface area contributed by atoms with Gasteiger partial charge in [-0.1, -0.05) is 18.3 Å². The summed E-state index contributed by atoms with van der Waals surface area (Å²) in [5.41, 5.74) is 6.66. The molecule has 0 aliphatic heterocycles. The Kier molecular flexibility index (Phi) is 4.48. The van der Waals surface area contributed by atoms with Gasteiger partial charge in [-0.05, 0) is 23.6 Å². The Morgan fingerprint density at radius 1 is 1.42 bits per heavy atom. The van der Waals surface area contributed by atoms with E-state index in [2.05, 4.69) is 5.32 Å². The van der Waals surface area contributed by atoms with E-state index < -0.39 is 0 Å². The second-order valence-electron chi connectivity index (χ2n) is 3.75. The van der Waals surface area contributed by atoms with Gasteiger partial charge in [0.1, 0.15) is 17.3 Å². The highest BCUT2D eigenvalue weighted by Crippen LogP contribution is 2.18. The third kappa shape index (κ3) is 4.04. The number of anilines is 1. The Hall–Kier alpha value is -1.92. The fourth-order valence-corrected chi connectivity index (χ4v) is 2.11. The maximum absolute atomic E-state index is 11.9. The highest BCUT2D eigenvalue weighted by molar-refractivity contribution is 7.80. The first-order valence-electron chi connectivity index (χ1n) is 5.50. The molecule has 0 aliphatic carbocycles. The first kappa shape index (κ1) is 13.5. The van der Waals surface area contributed by atoms with Crippen molar-refractivity contribution in [3.63, 3.8) is 0 Å². The predicted molar refractivity (Wildman–Crippen MR) is 81.0 cm³/mol. The SMILES string of the molecule is NC(=S)COc1cccc(NC(=O)c2ccsc2)c1. The van der Waals surface area contributed by atoms with Crippen LogP contribution in [0, 0.1) is 0 Å². The maximum atomic E-state index is 11.9. The standard InChI is InChI=1S/C13H12N2O2S2/c14-12(18)7-17-11-3-1-2-10(6-11)15-13(16)9-4-5-19-8-9/h1-6,8H,7H2,(H2,14,18)(H,15,16). The molecule has 0 bridgehead atoms. The number of thiocarbonyl (C=S) groups is 1. The molecule has 6 heteroatoms. The van der Waals surface area contributed by atoms with E-state index in [1.165, 1.54) is 11.3 Å². The van der Waals surface area contributed by atoms with E-state index in [0.29, 0.717) is 17.0 Å². The number of hydrogen-bond donors (Lipinski definition) is 2. The topological polar surface area (TPSA) is 64.3 Å². The Balaban J connectivity index is 2.02. The monoisotopic (exact) mass is 292 g/mol. The van der Waals surface area contributed by atoms with E-state index >= 15 is 0 Å². The van der Waals surface area contributed by atoms with Crippen molar-refractivity contribution < 1.29 is 9.53 Å². The molecular formula is C13H12N2O2S2. The second kappa shape index (κ2) is 6.31. The quantitative estimate of drug-likeness (QED) is 0.832. The molecular weight excluding hydrogens is 280 g/mol. The molecule has 4 nitrogen and oxygen atoms in total. The van der Waals surface area contributed by atoms with Gasteiger partial charge in [0.15, 0.2) is 0 Å². The van der Waals surface area contributed by atoms with E-state index in [0.717, 1.165) is 0 Å². The van der Waals surface area contributed by atoms with E-state index in [4.69, 9.17) is 22.7 Å². The van der Waals surface area contributed by atoms with Crippen LogP contribution in [0.3, 0.4) is 0 Å². The number of rotatable bonds is 5. The fraction of sp³-hybridized carbons (Fsp3) is 0.0769. The summed E-state index contributed by atoms with van der Waals surface area (Å²) in [6.45, 7) is 0.178. The van der Waals surface area contributed by atoms with Gasteiger partial charge in [0.05, 0.1) is 5.56 Å². The molecule has 2 aromatic rings. The molecule has 1 heterocycles. The molecule has 3 N–H and O–H groups in total. The molecule has 98 valence electrons. The summed E-state index contributed by atoms with van der Waals surface area (Å²) in [4.78, 5) is 12.2. The summed E-state index contributed by atoms with van der Waals surface area (Å²) >= 11 is 6.21. The summed E-state index contributed by atoms with van der Waals surface area (Å²) in [5.74, 6) is 0.462. The van der Waals surface area contributed by atoms with Crippen molar-refractivity contribution >= 4 is 40.1 Å². The minimum Gasteiger partial charge on any atom is -0.486 e. The Morgan fingerprint density at radius 2 is 2.26 bits per heavy atom. The number of nitrogens with one attached hydrogen (secondary N) is 1. The third-order valence-electron chi connectivity index (χ3n) is 2.26. The van der Waals surface area contributed by atoms with Crippen LogP contribution in [0.15, 0.2) is 41.1 Å².